The van der Waals surface area contributed by atoms with Crippen molar-refractivity contribution in [1.82, 2.24) is 10.3 Å². The maximum absolute atomic E-state index is 4.83. The van der Waals surface area contributed by atoms with Gasteiger partial charge in [-0.05, 0) is 18.5 Å². The minimum atomic E-state index is 0.854. The second-order valence-corrected chi connectivity index (χ2v) is 6.20. The van der Waals surface area contributed by atoms with Crippen molar-refractivity contribution in [2.24, 2.45) is 0 Å². The van der Waals surface area contributed by atoms with E-state index in [2.05, 4.69) is 47.1 Å². The van der Waals surface area contributed by atoms with Gasteiger partial charge in [0.25, 0.3) is 0 Å². The molecule has 2 aromatic heterocycles. The molecule has 0 spiro atoms. The molecular formula is C15H14N2S2. The second-order valence-electron chi connectivity index (χ2n) is 4.16. The Morgan fingerprint density at radius 2 is 1.95 bits per heavy atom. The van der Waals surface area contributed by atoms with Crippen LogP contribution in [0, 0.1) is 0 Å². The highest BCUT2D eigenvalue weighted by atomic mass is 32.1. The minimum absolute atomic E-state index is 0.854. The summed E-state index contributed by atoms with van der Waals surface area (Å²) in [5.74, 6) is 0. The van der Waals surface area contributed by atoms with E-state index in [1.165, 1.54) is 15.3 Å². The molecule has 0 atom stereocenters. The Balaban J connectivity index is 2.08. The third-order valence-electron chi connectivity index (χ3n) is 2.81. The topological polar surface area (TPSA) is 24.9 Å². The fourth-order valence-corrected chi connectivity index (χ4v) is 3.85. The van der Waals surface area contributed by atoms with Crippen molar-refractivity contribution < 1.29 is 0 Å². The first-order valence-electron chi connectivity index (χ1n) is 6.12. The number of nitrogens with zero attached hydrogens (tertiary/aromatic N) is 1. The summed E-state index contributed by atoms with van der Waals surface area (Å²) in [4.78, 5) is 7.36. The molecule has 0 saturated carbocycles. The molecule has 1 N–H and O–H groups in total. The molecule has 1 aromatic carbocycles. The highest BCUT2D eigenvalue weighted by Crippen LogP contribution is 2.35. The molecule has 19 heavy (non-hydrogen) atoms. The zero-order valence-corrected chi connectivity index (χ0v) is 12.2. The maximum Gasteiger partial charge on any atom is 0.134 e. The van der Waals surface area contributed by atoms with Crippen molar-refractivity contribution in [2.45, 2.75) is 6.54 Å². The summed E-state index contributed by atoms with van der Waals surface area (Å²) < 4.78 is 0. The highest BCUT2D eigenvalue weighted by Gasteiger charge is 2.13. The lowest BCUT2D eigenvalue weighted by Crippen LogP contribution is -2.04. The number of benzene rings is 1. The van der Waals surface area contributed by atoms with Crippen molar-refractivity contribution in [3.8, 4) is 21.1 Å². The molecule has 0 radical (unpaired) electrons. The van der Waals surface area contributed by atoms with E-state index in [4.69, 9.17) is 4.98 Å². The van der Waals surface area contributed by atoms with Gasteiger partial charge in [-0.15, -0.1) is 22.7 Å². The summed E-state index contributed by atoms with van der Waals surface area (Å²) >= 11 is 3.51. The molecule has 3 rings (SSSR count). The summed E-state index contributed by atoms with van der Waals surface area (Å²) in [6, 6.07) is 14.6. The number of thiazole rings is 1. The fraction of sp³-hybridized carbons (Fsp3) is 0.133. The van der Waals surface area contributed by atoms with Crippen LogP contribution in [0.15, 0.2) is 47.8 Å². The number of nitrogens with one attached hydrogen (secondary N) is 1. The average Bonchev–Trinajstić information content (AvgIpc) is 3.08. The van der Waals surface area contributed by atoms with Crippen LogP contribution in [0.2, 0.25) is 0 Å². The number of hydrogen-bond donors (Lipinski definition) is 1. The van der Waals surface area contributed by atoms with E-state index in [0.29, 0.717) is 0 Å². The van der Waals surface area contributed by atoms with Gasteiger partial charge in [0.1, 0.15) is 5.01 Å². The lowest BCUT2D eigenvalue weighted by molar-refractivity contribution is 0.831. The van der Waals surface area contributed by atoms with Crippen molar-refractivity contribution in [3.63, 3.8) is 0 Å². The summed E-state index contributed by atoms with van der Waals surface area (Å²) in [6.07, 6.45) is 0. The Morgan fingerprint density at radius 1 is 1.11 bits per heavy atom. The quantitative estimate of drug-likeness (QED) is 0.775. The van der Waals surface area contributed by atoms with Gasteiger partial charge in [-0.3, -0.25) is 0 Å². The van der Waals surface area contributed by atoms with Crippen molar-refractivity contribution in [1.29, 1.82) is 0 Å². The maximum atomic E-state index is 4.83. The predicted octanol–water partition coefficient (Wildman–Crippen LogP) is 4.26. The van der Waals surface area contributed by atoms with Crippen molar-refractivity contribution >= 4 is 22.7 Å². The molecule has 0 aliphatic carbocycles. The first-order valence-corrected chi connectivity index (χ1v) is 7.81. The Hall–Kier alpha value is -1.49. The highest BCUT2D eigenvalue weighted by molar-refractivity contribution is 7.21. The summed E-state index contributed by atoms with van der Waals surface area (Å²) in [5.41, 5.74) is 2.29. The van der Waals surface area contributed by atoms with Gasteiger partial charge in [0.05, 0.1) is 10.6 Å². The molecule has 0 unspecified atom stereocenters. The first-order chi connectivity index (χ1) is 9.38. The zero-order chi connectivity index (χ0) is 13.1. The molecule has 0 bridgehead atoms. The largest absolute Gasteiger partial charge is 0.315 e. The van der Waals surface area contributed by atoms with Gasteiger partial charge in [-0.25, -0.2) is 4.98 Å². The molecule has 2 nitrogen and oxygen atoms in total. The van der Waals surface area contributed by atoms with E-state index in [1.807, 2.05) is 13.1 Å². The van der Waals surface area contributed by atoms with Crippen LogP contribution in [-0.4, -0.2) is 12.0 Å². The van der Waals surface area contributed by atoms with Crippen LogP contribution in [-0.2, 0) is 6.54 Å². The average molecular weight is 286 g/mol. The van der Waals surface area contributed by atoms with Gasteiger partial charge >= 0.3 is 0 Å². The predicted molar refractivity (Wildman–Crippen MR) is 83.6 cm³/mol. The van der Waals surface area contributed by atoms with Crippen molar-refractivity contribution in [3.05, 3.63) is 52.7 Å². The molecule has 0 fully saturated rings. The van der Waals surface area contributed by atoms with Crippen LogP contribution < -0.4 is 5.32 Å². The van der Waals surface area contributed by atoms with E-state index < -0.39 is 0 Å². The van der Waals surface area contributed by atoms with E-state index in [-0.39, 0.29) is 0 Å². The van der Waals surface area contributed by atoms with Gasteiger partial charge in [0, 0.05) is 17.0 Å². The third-order valence-corrected chi connectivity index (χ3v) is 4.91. The fourth-order valence-electron chi connectivity index (χ4n) is 1.96. The summed E-state index contributed by atoms with van der Waals surface area (Å²) in [5, 5.41) is 6.43. The minimum Gasteiger partial charge on any atom is -0.315 e. The first kappa shape index (κ1) is 12.5. The SMILES string of the molecule is CNCc1sc(-c2cccs2)nc1-c1ccccc1. The van der Waals surface area contributed by atoms with Gasteiger partial charge in [-0.2, -0.15) is 0 Å². The van der Waals surface area contributed by atoms with Gasteiger partial charge in [0.15, 0.2) is 0 Å². The van der Waals surface area contributed by atoms with Crippen LogP contribution in [0.25, 0.3) is 21.1 Å². The molecular weight excluding hydrogens is 272 g/mol. The number of aromatic nitrogens is 1. The van der Waals surface area contributed by atoms with Crippen LogP contribution in [0.1, 0.15) is 4.88 Å². The van der Waals surface area contributed by atoms with E-state index >= 15 is 0 Å². The molecule has 0 aliphatic rings. The molecule has 0 saturated heterocycles. The number of rotatable bonds is 4. The standard InChI is InChI=1S/C15H14N2S2/c1-16-10-13-14(11-6-3-2-4-7-11)17-15(19-13)12-8-5-9-18-12/h2-9,16H,10H2,1H3. The van der Waals surface area contributed by atoms with E-state index in [1.54, 1.807) is 22.7 Å². The van der Waals surface area contributed by atoms with Crippen LogP contribution in [0.5, 0.6) is 0 Å². The Labute approximate surface area is 120 Å². The lowest BCUT2D eigenvalue weighted by atomic mass is 10.1. The Kier molecular flexibility index (Phi) is 3.73. The number of thiophene rings is 1. The van der Waals surface area contributed by atoms with E-state index in [0.717, 1.165) is 17.2 Å². The van der Waals surface area contributed by atoms with Gasteiger partial charge in [-0.1, -0.05) is 36.4 Å². The smallest absolute Gasteiger partial charge is 0.134 e. The zero-order valence-electron chi connectivity index (χ0n) is 10.6. The molecule has 0 amide bonds. The molecule has 2 heterocycles. The second kappa shape index (κ2) is 5.65. The molecule has 3 aromatic rings. The lowest BCUT2D eigenvalue weighted by Gasteiger charge is -2.00. The monoisotopic (exact) mass is 286 g/mol. The number of hydrogen-bond acceptors (Lipinski definition) is 4. The van der Waals surface area contributed by atoms with Crippen LogP contribution in [0.3, 0.4) is 0 Å². The van der Waals surface area contributed by atoms with E-state index in [9.17, 15) is 0 Å². The molecule has 96 valence electrons. The summed E-state index contributed by atoms with van der Waals surface area (Å²) in [7, 11) is 1.97. The van der Waals surface area contributed by atoms with Crippen LogP contribution in [0.4, 0.5) is 0 Å². The Morgan fingerprint density at radius 3 is 2.63 bits per heavy atom. The van der Waals surface area contributed by atoms with Gasteiger partial charge in [0.2, 0.25) is 0 Å². The molecule has 0 aliphatic heterocycles. The Bertz CT molecular complexity index is 642. The third kappa shape index (κ3) is 2.61. The molecule has 4 heteroatoms. The summed E-state index contributed by atoms with van der Waals surface area (Å²) in [6.45, 7) is 0.854. The van der Waals surface area contributed by atoms with Gasteiger partial charge < -0.3 is 5.32 Å². The van der Waals surface area contributed by atoms with Crippen LogP contribution >= 0.6 is 22.7 Å². The normalized spacial score (nSPS) is 10.8. The van der Waals surface area contributed by atoms with Crippen molar-refractivity contribution in [2.75, 3.05) is 7.05 Å².